The van der Waals surface area contributed by atoms with E-state index in [9.17, 15) is 9.70 Å². The Morgan fingerprint density at radius 2 is 2.29 bits per heavy atom. The lowest BCUT2D eigenvalue weighted by molar-refractivity contribution is 0.0664. The van der Waals surface area contributed by atoms with Crippen molar-refractivity contribution in [2.45, 2.75) is 0 Å². The van der Waals surface area contributed by atoms with Gasteiger partial charge >= 0.3 is 5.97 Å². The van der Waals surface area contributed by atoms with Gasteiger partial charge < -0.3 is 9.52 Å². The maximum Gasteiger partial charge on any atom is 0.371 e. The molecule has 70 valence electrons. The maximum atomic E-state index is 10.5. The summed E-state index contributed by atoms with van der Waals surface area (Å²) in [6.07, 6.45) is 1.21. The molecule has 0 atom stereocenters. The minimum Gasteiger partial charge on any atom is -0.475 e. The Labute approximate surface area is 77.1 Å². The van der Waals surface area contributed by atoms with Gasteiger partial charge in [-0.05, 0) is 11.2 Å². The highest BCUT2D eigenvalue weighted by atomic mass is 16.4. The van der Waals surface area contributed by atoms with E-state index in [2.05, 4.69) is 10.2 Å². The lowest BCUT2D eigenvalue weighted by atomic mass is 10.3. The second-order valence-corrected chi connectivity index (χ2v) is 2.59. The number of aromatic nitrogens is 1. The third-order valence-corrected chi connectivity index (χ3v) is 1.67. The number of furan rings is 1. The number of pyridine rings is 1. The lowest BCUT2D eigenvalue weighted by Gasteiger charge is -1.86. The molecule has 2 heterocycles. The summed E-state index contributed by atoms with van der Waals surface area (Å²) in [5.41, 5.74) is 0.310. The Balaban J connectivity index is 2.65. The van der Waals surface area contributed by atoms with Gasteiger partial charge in [0.1, 0.15) is 5.69 Å². The van der Waals surface area contributed by atoms with Crippen LogP contribution in [-0.4, -0.2) is 16.1 Å². The van der Waals surface area contributed by atoms with Crippen LogP contribution in [0.15, 0.2) is 27.9 Å². The molecule has 2 aromatic heterocycles. The average Bonchev–Trinajstić information content (AvgIpc) is 2.59. The lowest BCUT2D eigenvalue weighted by Crippen LogP contribution is -1.91. The van der Waals surface area contributed by atoms with Gasteiger partial charge in [-0.2, -0.15) is 0 Å². The number of carboxylic acids is 1. The van der Waals surface area contributed by atoms with Crippen molar-refractivity contribution in [3.05, 3.63) is 29.0 Å². The molecule has 6 nitrogen and oxygen atoms in total. The SMILES string of the molecule is O=Nc1cnc2oc(C(=O)O)cc2c1. The number of nitroso groups, excluding NO2 is 1. The van der Waals surface area contributed by atoms with Crippen LogP contribution in [0, 0.1) is 4.91 Å². The molecular formula is C8H4N2O4. The van der Waals surface area contributed by atoms with Crippen molar-refractivity contribution in [2.24, 2.45) is 5.18 Å². The van der Waals surface area contributed by atoms with Crippen molar-refractivity contribution in [3.63, 3.8) is 0 Å². The van der Waals surface area contributed by atoms with E-state index in [1.165, 1.54) is 18.3 Å². The highest BCUT2D eigenvalue weighted by Crippen LogP contribution is 2.21. The van der Waals surface area contributed by atoms with Crippen LogP contribution in [0.4, 0.5) is 5.69 Å². The first-order chi connectivity index (χ1) is 6.70. The summed E-state index contributed by atoms with van der Waals surface area (Å²) in [7, 11) is 0. The molecule has 1 N–H and O–H groups in total. The monoisotopic (exact) mass is 192 g/mol. The molecule has 0 amide bonds. The Morgan fingerprint density at radius 3 is 2.93 bits per heavy atom. The quantitative estimate of drug-likeness (QED) is 0.733. The minimum absolute atomic E-state index is 0.134. The Hall–Kier alpha value is -2.24. The molecule has 14 heavy (non-hydrogen) atoms. The van der Waals surface area contributed by atoms with E-state index in [0.29, 0.717) is 5.39 Å². The topological polar surface area (TPSA) is 92.8 Å². The minimum atomic E-state index is -1.18. The summed E-state index contributed by atoms with van der Waals surface area (Å²) in [5, 5.41) is 11.7. The van der Waals surface area contributed by atoms with Crippen LogP contribution in [0.3, 0.4) is 0 Å². The molecule has 0 spiro atoms. The van der Waals surface area contributed by atoms with Crippen molar-refractivity contribution < 1.29 is 14.3 Å². The van der Waals surface area contributed by atoms with Gasteiger partial charge in [-0.15, -0.1) is 4.91 Å². The first-order valence-corrected chi connectivity index (χ1v) is 3.67. The molecule has 0 saturated heterocycles. The van der Waals surface area contributed by atoms with Crippen LogP contribution in [0.25, 0.3) is 11.1 Å². The molecule has 0 aliphatic rings. The number of hydrogen-bond donors (Lipinski definition) is 1. The average molecular weight is 192 g/mol. The van der Waals surface area contributed by atoms with Crippen LogP contribution >= 0.6 is 0 Å². The first kappa shape index (κ1) is 8.36. The normalized spacial score (nSPS) is 10.3. The van der Waals surface area contributed by atoms with Crippen LogP contribution in [0.1, 0.15) is 10.6 Å². The summed E-state index contributed by atoms with van der Waals surface area (Å²) in [5.74, 6) is -1.39. The van der Waals surface area contributed by atoms with Gasteiger partial charge in [0.2, 0.25) is 11.5 Å². The molecule has 0 aliphatic heterocycles. The van der Waals surface area contributed by atoms with Crippen molar-refractivity contribution in [3.8, 4) is 0 Å². The largest absolute Gasteiger partial charge is 0.475 e. The fourth-order valence-electron chi connectivity index (χ4n) is 1.08. The van der Waals surface area contributed by atoms with Crippen molar-refractivity contribution in [1.29, 1.82) is 0 Å². The molecule has 6 heteroatoms. The molecule has 0 bridgehead atoms. The van der Waals surface area contributed by atoms with Crippen LogP contribution in [0.5, 0.6) is 0 Å². The first-order valence-electron chi connectivity index (χ1n) is 3.67. The number of hydrogen-bond acceptors (Lipinski definition) is 5. The zero-order valence-corrected chi connectivity index (χ0v) is 6.80. The number of nitrogens with zero attached hydrogens (tertiary/aromatic N) is 2. The number of aromatic carboxylic acids is 1. The Kier molecular flexibility index (Phi) is 1.74. The smallest absolute Gasteiger partial charge is 0.371 e. The van der Waals surface area contributed by atoms with Gasteiger partial charge in [0.15, 0.2) is 0 Å². The van der Waals surface area contributed by atoms with Crippen LogP contribution in [0.2, 0.25) is 0 Å². The predicted molar refractivity (Wildman–Crippen MR) is 46.4 cm³/mol. The summed E-state index contributed by atoms with van der Waals surface area (Å²) in [6.45, 7) is 0. The molecule has 2 aromatic rings. The van der Waals surface area contributed by atoms with Crippen molar-refractivity contribution in [2.75, 3.05) is 0 Å². The van der Waals surface area contributed by atoms with E-state index in [0.717, 1.165) is 0 Å². The second kappa shape index (κ2) is 2.91. The zero-order chi connectivity index (χ0) is 10.1. The maximum absolute atomic E-state index is 10.5. The number of rotatable bonds is 2. The van der Waals surface area contributed by atoms with Gasteiger partial charge in [-0.1, -0.05) is 0 Å². The zero-order valence-electron chi connectivity index (χ0n) is 6.80. The van der Waals surface area contributed by atoms with Crippen LogP contribution in [-0.2, 0) is 0 Å². The van der Waals surface area contributed by atoms with E-state index in [1.54, 1.807) is 0 Å². The van der Waals surface area contributed by atoms with Crippen molar-refractivity contribution in [1.82, 2.24) is 4.98 Å². The number of carbonyl (C=O) groups is 1. The van der Waals surface area contributed by atoms with Crippen LogP contribution < -0.4 is 0 Å². The molecule has 2 rings (SSSR count). The van der Waals surface area contributed by atoms with E-state index < -0.39 is 5.97 Å². The fraction of sp³-hybridized carbons (Fsp3) is 0. The van der Waals surface area contributed by atoms with Gasteiger partial charge in [-0.25, -0.2) is 9.78 Å². The number of fused-ring (bicyclic) bond motifs is 1. The summed E-state index contributed by atoms with van der Waals surface area (Å²) >= 11 is 0. The molecule has 0 aromatic carbocycles. The molecule has 0 aliphatic carbocycles. The molecular weight excluding hydrogens is 188 g/mol. The predicted octanol–water partition coefficient (Wildman–Crippen LogP) is 1.92. The third-order valence-electron chi connectivity index (χ3n) is 1.67. The van der Waals surface area contributed by atoms with Gasteiger partial charge in [0.05, 0.1) is 6.20 Å². The molecule has 0 fully saturated rings. The fourth-order valence-corrected chi connectivity index (χ4v) is 1.08. The van der Waals surface area contributed by atoms with Gasteiger partial charge in [0.25, 0.3) is 0 Å². The van der Waals surface area contributed by atoms with E-state index >= 15 is 0 Å². The van der Waals surface area contributed by atoms with Crippen molar-refractivity contribution >= 4 is 22.8 Å². The van der Waals surface area contributed by atoms with E-state index in [4.69, 9.17) is 9.52 Å². The Morgan fingerprint density at radius 1 is 1.50 bits per heavy atom. The standard InChI is InChI=1S/C8H4N2O4/c11-8(12)6-2-4-1-5(10-13)3-9-7(4)14-6/h1-3H,(H,11,12). The second-order valence-electron chi connectivity index (χ2n) is 2.59. The molecule has 0 radical (unpaired) electrons. The highest BCUT2D eigenvalue weighted by Gasteiger charge is 2.11. The highest BCUT2D eigenvalue weighted by molar-refractivity contribution is 5.90. The van der Waals surface area contributed by atoms with E-state index in [1.807, 2.05) is 0 Å². The third kappa shape index (κ3) is 1.22. The summed E-state index contributed by atoms with van der Waals surface area (Å²) in [4.78, 5) is 24.4. The molecule has 0 saturated carbocycles. The summed E-state index contributed by atoms with van der Waals surface area (Å²) in [6, 6.07) is 2.70. The Bertz CT molecular complexity index is 517. The summed E-state index contributed by atoms with van der Waals surface area (Å²) < 4.78 is 4.87. The van der Waals surface area contributed by atoms with E-state index in [-0.39, 0.29) is 17.2 Å². The molecule has 0 unspecified atom stereocenters. The van der Waals surface area contributed by atoms with Gasteiger partial charge in [0, 0.05) is 11.5 Å². The van der Waals surface area contributed by atoms with Gasteiger partial charge in [-0.3, -0.25) is 0 Å². The number of carboxylic acid groups (broad SMARTS) is 1.